The molecule has 76 valence electrons. The molecule has 2 nitrogen and oxygen atoms in total. The van der Waals surface area contributed by atoms with E-state index in [0.29, 0.717) is 17.6 Å². The van der Waals surface area contributed by atoms with Crippen LogP contribution in [-0.2, 0) is 0 Å². The maximum atomic E-state index is 5.87. The van der Waals surface area contributed by atoms with Crippen LogP contribution in [0.2, 0.25) is 0 Å². The van der Waals surface area contributed by atoms with Crippen LogP contribution in [0.25, 0.3) is 0 Å². The number of hydrogen-bond donors (Lipinski definition) is 1. The SMILES string of the molecule is NCC1CCCCN1CC(Cl)=CCl. The topological polar surface area (TPSA) is 29.3 Å². The van der Waals surface area contributed by atoms with Gasteiger partial charge in [-0.05, 0) is 19.4 Å². The van der Waals surface area contributed by atoms with Crippen molar-refractivity contribution in [2.24, 2.45) is 5.73 Å². The Morgan fingerprint density at radius 1 is 1.54 bits per heavy atom. The van der Waals surface area contributed by atoms with E-state index >= 15 is 0 Å². The van der Waals surface area contributed by atoms with Crippen LogP contribution in [0, 0.1) is 0 Å². The van der Waals surface area contributed by atoms with Gasteiger partial charge in [0, 0.05) is 29.7 Å². The zero-order valence-electron chi connectivity index (χ0n) is 7.68. The molecule has 0 aromatic heterocycles. The molecule has 0 aliphatic carbocycles. The van der Waals surface area contributed by atoms with Gasteiger partial charge in [-0.25, -0.2) is 0 Å². The maximum absolute atomic E-state index is 5.87. The fraction of sp³-hybridized carbons (Fsp3) is 0.778. The van der Waals surface area contributed by atoms with E-state index in [2.05, 4.69) is 4.90 Å². The molecule has 0 aromatic rings. The molecular weight excluding hydrogens is 207 g/mol. The number of nitrogens with two attached hydrogens (primary N) is 1. The van der Waals surface area contributed by atoms with Crippen LogP contribution in [0.5, 0.6) is 0 Å². The molecule has 0 aromatic carbocycles. The van der Waals surface area contributed by atoms with Gasteiger partial charge in [0.1, 0.15) is 0 Å². The molecule has 1 aliphatic heterocycles. The number of rotatable bonds is 3. The summed E-state index contributed by atoms with van der Waals surface area (Å²) < 4.78 is 0. The third-order valence-electron chi connectivity index (χ3n) is 2.49. The summed E-state index contributed by atoms with van der Waals surface area (Å²) in [6.45, 7) is 2.54. The third kappa shape index (κ3) is 3.47. The van der Waals surface area contributed by atoms with Gasteiger partial charge in [0.25, 0.3) is 0 Å². The van der Waals surface area contributed by atoms with E-state index < -0.39 is 0 Å². The molecule has 1 fully saturated rings. The highest BCUT2D eigenvalue weighted by molar-refractivity contribution is 6.36. The maximum Gasteiger partial charge on any atom is 0.0434 e. The number of halogens is 2. The monoisotopic (exact) mass is 222 g/mol. The third-order valence-corrected chi connectivity index (χ3v) is 3.10. The van der Waals surface area contributed by atoms with Crippen LogP contribution in [0.15, 0.2) is 10.6 Å². The number of likely N-dealkylation sites (tertiary alicyclic amines) is 1. The standard InChI is InChI=1S/C9H16Cl2N2/c10-5-8(11)7-13-4-2-1-3-9(13)6-12/h5,9H,1-4,6-7,12H2. The largest absolute Gasteiger partial charge is 0.329 e. The first-order valence-electron chi connectivity index (χ1n) is 4.66. The lowest BCUT2D eigenvalue weighted by molar-refractivity contribution is 0.169. The second-order valence-electron chi connectivity index (χ2n) is 3.41. The van der Waals surface area contributed by atoms with Crippen molar-refractivity contribution in [3.63, 3.8) is 0 Å². The van der Waals surface area contributed by atoms with Crippen molar-refractivity contribution in [1.82, 2.24) is 4.90 Å². The molecule has 0 saturated carbocycles. The van der Waals surface area contributed by atoms with Gasteiger partial charge in [-0.2, -0.15) is 0 Å². The van der Waals surface area contributed by atoms with Gasteiger partial charge in [0.05, 0.1) is 0 Å². The molecule has 0 bridgehead atoms. The number of piperidine rings is 1. The lowest BCUT2D eigenvalue weighted by Gasteiger charge is -2.34. The predicted octanol–water partition coefficient (Wildman–Crippen LogP) is 2.12. The van der Waals surface area contributed by atoms with E-state index in [-0.39, 0.29) is 0 Å². The van der Waals surface area contributed by atoms with Crippen molar-refractivity contribution in [1.29, 1.82) is 0 Å². The molecule has 1 heterocycles. The highest BCUT2D eigenvalue weighted by Crippen LogP contribution is 2.18. The van der Waals surface area contributed by atoms with Crippen molar-refractivity contribution in [2.75, 3.05) is 19.6 Å². The Bertz CT molecular complexity index is 182. The van der Waals surface area contributed by atoms with Crippen molar-refractivity contribution in [3.8, 4) is 0 Å². The van der Waals surface area contributed by atoms with E-state index in [1.165, 1.54) is 24.8 Å². The van der Waals surface area contributed by atoms with Gasteiger partial charge >= 0.3 is 0 Å². The summed E-state index contributed by atoms with van der Waals surface area (Å²) in [6, 6.07) is 0.485. The van der Waals surface area contributed by atoms with E-state index in [9.17, 15) is 0 Å². The smallest absolute Gasteiger partial charge is 0.0434 e. The van der Waals surface area contributed by atoms with Crippen LogP contribution >= 0.6 is 23.2 Å². The van der Waals surface area contributed by atoms with Crippen molar-refractivity contribution >= 4 is 23.2 Å². The van der Waals surface area contributed by atoms with Crippen LogP contribution in [0.3, 0.4) is 0 Å². The molecule has 0 amide bonds. The second-order valence-corrected chi connectivity index (χ2v) is 4.12. The molecule has 1 atom stereocenters. The Kier molecular flexibility index (Phi) is 5.10. The first-order valence-corrected chi connectivity index (χ1v) is 5.48. The zero-order valence-corrected chi connectivity index (χ0v) is 9.19. The molecule has 1 aliphatic rings. The van der Waals surface area contributed by atoms with Crippen LogP contribution < -0.4 is 5.73 Å². The summed E-state index contributed by atoms with van der Waals surface area (Å²) in [7, 11) is 0. The first-order chi connectivity index (χ1) is 6.27. The summed E-state index contributed by atoms with van der Waals surface area (Å²) in [5.74, 6) is 0. The van der Waals surface area contributed by atoms with Gasteiger partial charge in [0.15, 0.2) is 0 Å². The highest BCUT2D eigenvalue weighted by Gasteiger charge is 2.20. The van der Waals surface area contributed by atoms with E-state index in [1.807, 2.05) is 0 Å². The molecule has 0 spiro atoms. The molecule has 13 heavy (non-hydrogen) atoms. The fourth-order valence-electron chi connectivity index (χ4n) is 1.76. The summed E-state index contributed by atoms with van der Waals surface area (Å²) in [4.78, 5) is 2.31. The highest BCUT2D eigenvalue weighted by atomic mass is 35.5. The number of nitrogens with zero attached hydrogens (tertiary/aromatic N) is 1. The first kappa shape index (κ1) is 11.3. The summed E-state index contributed by atoms with van der Waals surface area (Å²) in [5, 5.41) is 0.696. The average Bonchev–Trinajstić information content (AvgIpc) is 2.18. The lowest BCUT2D eigenvalue weighted by Crippen LogP contribution is -2.44. The Labute approximate surface area is 89.7 Å². The lowest BCUT2D eigenvalue weighted by atomic mass is 10.0. The zero-order chi connectivity index (χ0) is 9.68. The van der Waals surface area contributed by atoms with E-state index in [0.717, 1.165) is 13.1 Å². The molecule has 1 saturated heterocycles. The van der Waals surface area contributed by atoms with Gasteiger partial charge in [-0.1, -0.05) is 29.6 Å². The van der Waals surface area contributed by atoms with Gasteiger partial charge in [0.2, 0.25) is 0 Å². The minimum absolute atomic E-state index is 0.485. The molecule has 1 unspecified atom stereocenters. The molecule has 4 heteroatoms. The van der Waals surface area contributed by atoms with Crippen molar-refractivity contribution in [3.05, 3.63) is 10.6 Å². The molecule has 2 N–H and O–H groups in total. The van der Waals surface area contributed by atoms with Gasteiger partial charge < -0.3 is 5.73 Å². The Morgan fingerprint density at radius 3 is 2.92 bits per heavy atom. The second kappa shape index (κ2) is 5.86. The number of hydrogen-bond acceptors (Lipinski definition) is 2. The van der Waals surface area contributed by atoms with Crippen LogP contribution in [0.4, 0.5) is 0 Å². The average molecular weight is 223 g/mol. The normalized spacial score (nSPS) is 26.4. The van der Waals surface area contributed by atoms with Crippen LogP contribution in [-0.4, -0.2) is 30.6 Å². The molecule has 0 radical (unpaired) electrons. The Balaban J connectivity index is 2.45. The van der Waals surface area contributed by atoms with Crippen molar-refractivity contribution < 1.29 is 0 Å². The quantitative estimate of drug-likeness (QED) is 0.794. The summed E-state index contributed by atoms with van der Waals surface area (Å²) in [5.41, 5.74) is 7.11. The van der Waals surface area contributed by atoms with Crippen molar-refractivity contribution in [2.45, 2.75) is 25.3 Å². The predicted molar refractivity (Wildman–Crippen MR) is 58.1 cm³/mol. The Morgan fingerprint density at radius 2 is 2.31 bits per heavy atom. The van der Waals surface area contributed by atoms with E-state index in [4.69, 9.17) is 28.9 Å². The molecule has 1 rings (SSSR count). The van der Waals surface area contributed by atoms with E-state index in [1.54, 1.807) is 0 Å². The minimum Gasteiger partial charge on any atom is -0.329 e. The van der Waals surface area contributed by atoms with Gasteiger partial charge in [-0.3, -0.25) is 4.90 Å². The van der Waals surface area contributed by atoms with Gasteiger partial charge in [-0.15, -0.1) is 0 Å². The fourth-order valence-corrected chi connectivity index (χ4v) is 1.99. The summed E-state index contributed by atoms with van der Waals surface area (Å²) in [6.07, 6.45) is 3.70. The van der Waals surface area contributed by atoms with Crippen LogP contribution in [0.1, 0.15) is 19.3 Å². The molecular formula is C9H16Cl2N2. The Hall–Kier alpha value is 0.240. The minimum atomic E-state index is 0.485. The summed E-state index contributed by atoms with van der Waals surface area (Å²) >= 11 is 11.4.